The van der Waals surface area contributed by atoms with Crippen LogP contribution in [-0.4, -0.2) is 34.7 Å². The second-order valence-electron chi connectivity index (χ2n) is 10.6. The minimum absolute atomic E-state index is 0.0833. The van der Waals surface area contributed by atoms with Crippen LogP contribution in [0.15, 0.2) is 54.6 Å². The van der Waals surface area contributed by atoms with Gasteiger partial charge in [0.1, 0.15) is 11.4 Å². The number of anilines is 2. The molecule has 1 atom stereocenters. The first kappa shape index (κ1) is 27.4. The second-order valence-corrected chi connectivity index (χ2v) is 10.6. The molecule has 0 saturated heterocycles. The third-order valence-corrected chi connectivity index (χ3v) is 7.12. The first-order valence-corrected chi connectivity index (χ1v) is 12.9. The highest BCUT2D eigenvalue weighted by molar-refractivity contribution is 5.72. The van der Waals surface area contributed by atoms with Crippen LogP contribution in [-0.2, 0) is 17.9 Å². The van der Waals surface area contributed by atoms with Crippen molar-refractivity contribution in [1.29, 1.82) is 0 Å². The summed E-state index contributed by atoms with van der Waals surface area (Å²) in [6, 6.07) is 17.2. The first-order chi connectivity index (χ1) is 18.0. The smallest absolute Gasteiger partial charge is 0.304 e. The molecule has 8 heteroatoms. The van der Waals surface area contributed by atoms with Gasteiger partial charge in [-0.15, -0.1) is 0 Å². The molecular formula is C30H37FN4O3. The number of fused-ring (bicyclic) bond motifs is 1. The van der Waals surface area contributed by atoms with Crippen LogP contribution in [0, 0.1) is 12.7 Å². The van der Waals surface area contributed by atoms with Crippen LogP contribution in [0.4, 0.5) is 15.8 Å². The zero-order valence-electron chi connectivity index (χ0n) is 22.5. The lowest BCUT2D eigenvalue weighted by Gasteiger charge is -2.30. The molecule has 1 aliphatic rings. The minimum Gasteiger partial charge on any atom is -0.486 e. The first-order valence-electron chi connectivity index (χ1n) is 12.9. The average molecular weight is 521 g/mol. The van der Waals surface area contributed by atoms with Gasteiger partial charge < -0.3 is 20.6 Å². The molecule has 0 aliphatic carbocycles. The number of ether oxygens (including phenoxy) is 1. The highest BCUT2D eigenvalue weighted by Gasteiger charge is 2.30. The summed E-state index contributed by atoms with van der Waals surface area (Å²) < 4.78 is 21.8. The van der Waals surface area contributed by atoms with Crippen molar-refractivity contribution >= 4 is 17.3 Å². The molecule has 0 spiro atoms. The lowest BCUT2D eigenvalue weighted by atomic mass is 9.86. The Hall–Kier alpha value is -3.62. The van der Waals surface area contributed by atoms with Crippen LogP contribution < -0.4 is 21.3 Å². The molecule has 0 fully saturated rings. The number of hydrogen-bond donors (Lipinski definition) is 3. The average Bonchev–Trinajstić information content (AvgIpc) is 2.99. The number of para-hydroxylation sites is 1. The number of halogens is 1. The third-order valence-electron chi connectivity index (χ3n) is 7.12. The van der Waals surface area contributed by atoms with Crippen molar-refractivity contribution in [1.82, 2.24) is 4.90 Å². The number of hydrazine groups is 1. The number of carboxylic acids is 1. The monoisotopic (exact) mass is 520 g/mol. The topological polar surface area (TPSA) is 105 Å². The summed E-state index contributed by atoms with van der Waals surface area (Å²) in [5.41, 5.74) is 10.2. The van der Waals surface area contributed by atoms with E-state index in [0.29, 0.717) is 25.3 Å². The van der Waals surface area contributed by atoms with E-state index in [1.54, 1.807) is 12.1 Å². The van der Waals surface area contributed by atoms with Gasteiger partial charge in [0.05, 0.1) is 17.8 Å². The van der Waals surface area contributed by atoms with E-state index in [1.807, 2.05) is 50.2 Å². The lowest BCUT2D eigenvalue weighted by Crippen LogP contribution is -2.40. The number of nitrogens with two attached hydrogens (primary N) is 2. The fourth-order valence-corrected chi connectivity index (χ4v) is 5.20. The normalized spacial score (nSPS) is 15.7. The van der Waals surface area contributed by atoms with E-state index in [4.69, 9.17) is 16.3 Å². The Kier molecular flexibility index (Phi) is 7.94. The minimum atomic E-state index is -1.02. The summed E-state index contributed by atoms with van der Waals surface area (Å²) in [4.78, 5) is 14.2. The molecule has 0 amide bonds. The maximum absolute atomic E-state index is 15.5. The molecule has 3 aromatic rings. The molecule has 4 rings (SSSR count). The highest BCUT2D eigenvalue weighted by Crippen LogP contribution is 2.37. The van der Waals surface area contributed by atoms with Gasteiger partial charge in [0, 0.05) is 37.7 Å². The van der Waals surface area contributed by atoms with Gasteiger partial charge in [0.15, 0.2) is 5.82 Å². The molecule has 7 nitrogen and oxygen atoms in total. The van der Waals surface area contributed by atoms with Crippen molar-refractivity contribution < 1.29 is 19.0 Å². The molecule has 0 saturated carbocycles. The molecule has 0 aromatic heterocycles. The molecule has 5 N–H and O–H groups in total. The highest BCUT2D eigenvalue weighted by atomic mass is 19.1. The predicted octanol–water partition coefficient (Wildman–Crippen LogP) is 5.20. The number of carboxylic acid groups (broad SMARTS) is 1. The van der Waals surface area contributed by atoms with Crippen LogP contribution in [0.2, 0.25) is 0 Å². The van der Waals surface area contributed by atoms with Gasteiger partial charge in [0.2, 0.25) is 0 Å². The summed E-state index contributed by atoms with van der Waals surface area (Å²) >= 11 is 0. The van der Waals surface area contributed by atoms with Gasteiger partial charge in [0.25, 0.3) is 0 Å². The fourth-order valence-electron chi connectivity index (χ4n) is 5.20. The molecular weight excluding hydrogens is 483 g/mol. The molecule has 0 bridgehead atoms. The maximum atomic E-state index is 15.5. The van der Waals surface area contributed by atoms with Crippen LogP contribution in [0.3, 0.4) is 0 Å². The van der Waals surface area contributed by atoms with Gasteiger partial charge in [-0.1, -0.05) is 42.5 Å². The van der Waals surface area contributed by atoms with Crippen LogP contribution in [0.1, 0.15) is 60.9 Å². The Morgan fingerprint density at radius 2 is 1.95 bits per heavy atom. The molecule has 1 aliphatic heterocycles. The van der Waals surface area contributed by atoms with E-state index in [9.17, 15) is 9.90 Å². The largest absolute Gasteiger partial charge is 0.486 e. The van der Waals surface area contributed by atoms with E-state index in [1.165, 1.54) is 5.01 Å². The van der Waals surface area contributed by atoms with Gasteiger partial charge in [-0.2, -0.15) is 0 Å². The zero-order valence-corrected chi connectivity index (χ0v) is 22.5. The zero-order chi connectivity index (χ0) is 27.6. The maximum Gasteiger partial charge on any atom is 0.304 e. The van der Waals surface area contributed by atoms with Crippen LogP contribution >= 0.6 is 0 Å². The van der Waals surface area contributed by atoms with E-state index in [2.05, 4.69) is 24.8 Å². The SMILES string of the molecule is CCN(N)c1ccc(C(CC(=O)O)c2ccc(C)c(CN3Cc4ccccc4OC(C)(C)C3)c2)c(F)c1N. The van der Waals surface area contributed by atoms with E-state index < -0.39 is 17.7 Å². The predicted molar refractivity (Wildman–Crippen MR) is 149 cm³/mol. The van der Waals surface area contributed by atoms with Crippen molar-refractivity contribution in [3.8, 4) is 5.75 Å². The van der Waals surface area contributed by atoms with Crippen LogP contribution in [0.5, 0.6) is 5.75 Å². The number of rotatable bonds is 8. The number of aliphatic carboxylic acids is 1. The van der Waals surface area contributed by atoms with Crippen molar-refractivity contribution in [2.45, 2.75) is 58.7 Å². The summed E-state index contributed by atoms with van der Waals surface area (Å²) in [7, 11) is 0. The van der Waals surface area contributed by atoms with Crippen molar-refractivity contribution in [2.75, 3.05) is 23.8 Å². The molecule has 1 unspecified atom stereocenters. The van der Waals surface area contributed by atoms with Gasteiger partial charge in [-0.25, -0.2) is 10.2 Å². The van der Waals surface area contributed by atoms with Crippen molar-refractivity contribution in [3.05, 3.63) is 88.2 Å². The third kappa shape index (κ3) is 5.92. The number of carbonyl (C=O) groups is 1. The lowest BCUT2D eigenvalue weighted by molar-refractivity contribution is -0.137. The molecule has 1 heterocycles. The Bertz CT molecular complexity index is 1330. The molecule has 3 aromatic carbocycles. The van der Waals surface area contributed by atoms with Crippen molar-refractivity contribution in [2.24, 2.45) is 5.84 Å². The van der Waals surface area contributed by atoms with Crippen LogP contribution in [0.25, 0.3) is 0 Å². The number of aryl methyl sites for hydroxylation is 1. The number of hydrogen-bond acceptors (Lipinski definition) is 6. The fraction of sp³-hybridized carbons (Fsp3) is 0.367. The number of nitrogens with zero attached hydrogens (tertiary/aromatic N) is 2. The number of nitrogen functional groups attached to an aromatic ring is 1. The van der Waals surface area contributed by atoms with Gasteiger partial charge >= 0.3 is 5.97 Å². The summed E-state index contributed by atoms with van der Waals surface area (Å²) in [6.45, 7) is 10.5. The standard InChI is InChI=1S/C30H37FN4O3/c1-5-35(33)25-13-12-23(28(31)29(25)32)24(15-27(36)37)20-11-10-19(2)22(14-20)17-34-16-21-8-6-7-9-26(21)38-30(3,4)18-34/h6-14,24H,5,15-18,32-33H2,1-4H3,(H,36,37). The molecule has 202 valence electrons. The summed E-state index contributed by atoms with van der Waals surface area (Å²) in [5, 5.41) is 11.1. The Morgan fingerprint density at radius 3 is 2.66 bits per heavy atom. The van der Waals surface area contributed by atoms with Gasteiger partial charge in [-0.05, 0) is 62.1 Å². The number of benzene rings is 3. The Morgan fingerprint density at radius 1 is 1.21 bits per heavy atom. The van der Waals surface area contributed by atoms with E-state index in [0.717, 1.165) is 34.5 Å². The molecule has 0 radical (unpaired) electrons. The van der Waals surface area contributed by atoms with E-state index in [-0.39, 0.29) is 23.3 Å². The van der Waals surface area contributed by atoms with Gasteiger partial charge in [-0.3, -0.25) is 9.69 Å². The van der Waals surface area contributed by atoms with E-state index >= 15 is 4.39 Å². The summed E-state index contributed by atoms with van der Waals surface area (Å²) in [5.74, 6) is 4.48. The molecule has 38 heavy (non-hydrogen) atoms. The quantitative estimate of drug-likeness (QED) is 0.213. The van der Waals surface area contributed by atoms with Crippen molar-refractivity contribution in [3.63, 3.8) is 0 Å². The Labute approximate surface area is 223 Å². The second kappa shape index (κ2) is 11.0. The Balaban J connectivity index is 1.70. The summed E-state index contributed by atoms with van der Waals surface area (Å²) in [6.07, 6.45) is -0.268.